The summed E-state index contributed by atoms with van der Waals surface area (Å²) in [7, 11) is 0. The van der Waals surface area contributed by atoms with Gasteiger partial charge in [-0.2, -0.15) is 0 Å². The van der Waals surface area contributed by atoms with Crippen LogP contribution in [-0.2, 0) is 0 Å². The molecule has 0 aliphatic rings. The van der Waals surface area contributed by atoms with Gasteiger partial charge >= 0.3 is 0 Å². The first-order chi connectivity index (χ1) is 9.95. The van der Waals surface area contributed by atoms with Crippen LogP contribution in [0.5, 0.6) is 0 Å². The van der Waals surface area contributed by atoms with Crippen molar-refractivity contribution in [3.63, 3.8) is 0 Å². The zero-order valence-electron chi connectivity index (χ0n) is 14.6. The average molecular weight is 292 g/mol. The molecule has 0 saturated heterocycles. The van der Waals surface area contributed by atoms with E-state index < -0.39 is 0 Å². The molecule has 0 aliphatic carbocycles. The van der Waals surface area contributed by atoms with Gasteiger partial charge < -0.3 is 10.6 Å². The largest absolute Gasteiger partial charge is 0.370 e. The Morgan fingerprint density at radius 3 is 2.00 bits per heavy atom. The van der Waals surface area contributed by atoms with E-state index in [1.54, 1.807) is 0 Å². The maximum atomic E-state index is 4.69. The highest BCUT2D eigenvalue weighted by atomic mass is 15.1. The molecule has 0 spiro atoms. The van der Waals surface area contributed by atoms with Crippen molar-refractivity contribution >= 4 is 11.6 Å². The highest BCUT2D eigenvalue weighted by molar-refractivity contribution is 5.57. The Morgan fingerprint density at radius 1 is 0.952 bits per heavy atom. The first-order valence-corrected chi connectivity index (χ1v) is 8.31. The van der Waals surface area contributed by atoms with Crippen LogP contribution in [0.1, 0.15) is 71.2 Å². The van der Waals surface area contributed by atoms with E-state index in [9.17, 15) is 0 Å². The summed E-state index contributed by atoms with van der Waals surface area (Å²) in [6.07, 6.45) is 3.52. The molecule has 1 aromatic rings. The summed E-state index contributed by atoms with van der Waals surface area (Å²) in [4.78, 5) is 9.36. The van der Waals surface area contributed by atoms with Crippen molar-refractivity contribution in [1.29, 1.82) is 0 Å². The summed E-state index contributed by atoms with van der Waals surface area (Å²) in [5, 5.41) is 6.91. The monoisotopic (exact) mass is 292 g/mol. The summed E-state index contributed by atoms with van der Waals surface area (Å²) in [5.41, 5.74) is 1.12. The molecular formula is C17H32N4. The standard InChI is InChI=1S/C17H32N4/c1-7-10-18-16-14(6)17(19-11-8-9-12(2)3)21-15(20-16)13(4)5/h12-13H,7-11H2,1-6H3,(H2,18,19,20,21). The van der Waals surface area contributed by atoms with Crippen molar-refractivity contribution in [3.05, 3.63) is 11.4 Å². The number of nitrogens with zero attached hydrogens (tertiary/aromatic N) is 2. The number of rotatable bonds is 9. The van der Waals surface area contributed by atoms with Gasteiger partial charge in [0.15, 0.2) is 0 Å². The van der Waals surface area contributed by atoms with Crippen LogP contribution in [0.15, 0.2) is 0 Å². The SMILES string of the molecule is CCCNc1nc(C(C)C)nc(NCCCC(C)C)c1C. The fraction of sp³-hybridized carbons (Fsp3) is 0.765. The van der Waals surface area contributed by atoms with Gasteiger partial charge in [-0.15, -0.1) is 0 Å². The molecule has 4 heteroatoms. The molecule has 0 aliphatic heterocycles. The summed E-state index contributed by atoms with van der Waals surface area (Å²) >= 11 is 0. The normalized spacial score (nSPS) is 11.2. The fourth-order valence-corrected chi connectivity index (χ4v) is 2.10. The second-order valence-corrected chi connectivity index (χ2v) is 6.45. The van der Waals surface area contributed by atoms with Crippen molar-refractivity contribution in [1.82, 2.24) is 9.97 Å². The molecule has 21 heavy (non-hydrogen) atoms. The lowest BCUT2D eigenvalue weighted by molar-refractivity contribution is 0.566. The van der Waals surface area contributed by atoms with Gasteiger partial charge in [0.25, 0.3) is 0 Å². The first kappa shape index (κ1) is 17.7. The van der Waals surface area contributed by atoms with Gasteiger partial charge in [-0.25, -0.2) is 9.97 Å². The zero-order valence-corrected chi connectivity index (χ0v) is 14.6. The maximum absolute atomic E-state index is 4.69. The lowest BCUT2D eigenvalue weighted by atomic mass is 10.1. The fourth-order valence-electron chi connectivity index (χ4n) is 2.10. The van der Waals surface area contributed by atoms with Crippen LogP contribution < -0.4 is 10.6 Å². The molecule has 4 nitrogen and oxygen atoms in total. The lowest BCUT2D eigenvalue weighted by Crippen LogP contribution is -2.13. The summed E-state index contributed by atoms with van der Waals surface area (Å²) in [5.74, 6) is 3.96. The molecule has 0 unspecified atom stereocenters. The Kier molecular flexibility index (Phi) is 7.48. The third kappa shape index (κ3) is 5.90. The highest BCUT2D eigenvalue weighted by Crippen LogP contribution is 2.23. The molecule has 2 N–H and O–H groups in total. The Morgan fingerprint density at radius 2 is 1.52 bits per heavy atom. The van der Waals surface area contributed by atoms with Crippen LogP contribution in [0.4, 0.5) is 11.6 Å². The number of hydrogen-bond acceptors (Lipinski definition) is 4. The van der Waals surface area contributed by atoms with Crippen LogP contribution in [0.2, 0.25) is 0 Å². The molecule has 1 aromatic heterocycles. The quantitative estimate of drug-likeness (QED) is 0.654. The summed E-state index contributed by atoms with van der Waals surface area (Å²) in [6.45, 7) is 15.0. The van der Waals surface area contributed by atoms with Crippen molar-refractivity contribution in [2.24, 2.45) is 5.92 Å². The van der Waals surface area contributed by atoms with E-state index in [1.165, 1.54) is 12.8 Å². The molecule has 1 rings (SSSR count). The molecule has 0 atom stereocenters. The van der Waals surface area contributed by atoms with Gasteiger partial charge in [-0.1, -0.05) is 34.6 Å². The van der Waals surface area contributed by atoms with Gasteiger partial charge in [0.2, 0.25) is 0 Å². The molecule has 120 valence electrons. The molecular weight excluding hydrogens is 260 g/mol. The van der Waals surface area contributed by atoms with E-state index in [1.807, 2.05) is 0 Å². The van der Waals surface area contributed by atoms with Gasteiger partial charge in [0, 0.05) is 24.6 Å². The van der Waals surface area contributed by atoms with Crippen molar-refractivity contribution in [2.45, 2.75) is 66.7 Å². The number of anilines is 2. The molecule has 0 saturated carbocycles. The van der Waals surface area contributed by atoms with Crippen LogP contribution in [0, 0.1) is 12.8 Å². The topological polar surface area (TPSA) is 49.8 Å². The van der Waals surface area contributed by atoms with Crippen molar-refractivity contribution in [2.75, 3.05) is 23.7 Å². The van der Waals surface area contributed by atoms with Crippen LogP contribution in [0.3, 0.4) is 0 Å². The lowest BCUT2D eigenvalue weighted by Gasteiger charge is -2.16. The molecule has 1 heterocycles. The van der Waals surface area contributed by atoms with Crippen LogP contribution in [0.25, 0.3) is 0 Å². The first-order valence-electron chi connectivity index (χ1n) is 8.31. The smallest absolute Gasteiger partial charge is 0.135 e. The van der Waals surface area contributed by atoms with Crippen LogP contribution in [-0.4, -0.2) is 23.1 Å². The average Bonchev–Trinajstić information content (AvgIpc) is 2.43. The maximum Gasteiger partial charge on any atom is 0.135 e. The second-order valence-electron chi connectivity index (χ2n) is 6.45. The third-order valence-electron chi connectivity index (χ3n) is 3.47. The molecule has 0 fully saturated rings. The number of hydrogen-bond donors (Lipinski definition) is 2. The van der Waals surface area contributed by atoms with Gasteiger partial charge in [0.1, 0.15) is 17.5 Å². The van der Waals surface area contributed by atoms with E-state index in [0.717, 1.165) is 48.5 Å². The van der Waals surface area contributed by atoms with Gasteiger partial charge in [-0.05, 0) is 32.1 Å². The van der Waals surface area contributed by atoms with Crippen LogP contribution >= 0.6 is 0 Å². The van der Waals surface area contributed by atoms with E-state index in [-0.39, 0.29) is 0 Å². The Hall–Kier alpha value is -1.32. The molecule has 0 amide bonds. The minimum Gasteiger partial charge on any atom is -0.370 e. The van der Waals surface area contributed by atoms with E-state index >= 15 is 0 Å². The Balaban J connectivity index is 2.82. The third-order valence-corrected chi connectivity index (χ3v) is 3.47. The van der Waals surface area contributed by atoms with E-state index in [4.69, 9.17) is 4.98 Å². The minimum atomic E-state index is 0.337. The van der Waals surface area contributed by atoms with Crippen molar-refractivity contribution < 1.29 is 0 Å². The van der Waals surface area contributed by atoms with E-state index in [2.05, 4.69) is 57.2 Å². The number of nitrogens with one attached hydrogen (secondary N) is 2. The molecule has 0 aromatic carbocycles. The molecule has 0 radical (unpaired) electrons. The predicted octanol–water partition coefficient (Wildman–Crippen LogP) is 4.58. The molecule has 0 bridgehead atoms. The predicted molar refractivity (Wildman–Crippen MR) is 92.2 cm³/mol. The summed E-state index contributed by atoms with van der Waals surface area (Å²) < 4.78 is 0. The van der Waals surface area contributed by atoms with Crippen molar-refractivity contribution in [3.8, 4) is 0 Å². The minimum absolute atomic E-state index is 0.337. The van der Waals surface area contributed by atoms with Gasteiger partial charge in [-0.3, -0.25) is 0 Å². The second kappa shape index (κ2) is 8.85. The highest BCUT2D eigenvalue weighted by Gasteiger charge is 2.12. The van der Waals surface area contributed by atoms with Gasteiger partial charge in [0.05, 0.1) is 0 Å². The Bertz CT molecular complexity index is 427. The Labute approximate surface area is 130 Å². The van der Waals surface area contributed by atoms with E-state index in [0.29, 0.717) is 5.92 Å². The zero-order chi connectivity index (χ0) is 15.8. The number of aromatic nitrogens is 2. The summed E-state index contributed by atoms with van der Waals surface area (Å²) in [6, 6.07) is 0.